The van der Waals surface area contributed by atoms with Crippen LogP contribution in [0.4, 0.5) is 5.69 Å². The lowest BCUT2D eigenvalue weighted by atomic mass is 10.3. The monoisotopic (exact) mass is 265 g/mol. The Bertz CT molecular complexity index is 385. The van der Waals surface area contributed by atoms with Crippen LogP contribution < -0.4 is 10.1 Å². The molecule has 1 aromatic carbocycles. The van der Waals surface area contributed by atoms with E-state index in [4.69, 9.17) is 4.74 Å². The van der Waals surface area contributed by atoms with E-state index < -0.39 is 0 Å². The van der Waals surface area contributed by atoms with E-state index in [0.29, 0.717) is 11.0 Å². The van der Waals surface area contributed by atoms with Crippen molar-refractivity contribution in [2.75, 3.05) is 18.2 Å². The number of benzene rings is 1. The van der Waals surface area contributed by atoms with Crippen molar-refractivity contribution in [3.05, 3.63) is 24.3 Å². The zero-order valence-corrected chi connectivity index (χ0v) is 11.5. The summed E-state index contributed by atoms with van der Waals surface area (Å²) < 4.78 is 5.07. The number of nitrogens with one attached hydrogen (secondary N) is 1. The SMILES string of the molecule is COc1ccc(NC(=O)CSC2CCCC2)cc1. The molecule has 0 unspecified atom stereocenters. The van der Waals surface area contributed by atoms with Crippen LogP contribution in [0, 0.1) is 0 Å². The second kappa shape index (κ2) is 6.69. The average molecular weight is 265 g/mol. The van der Waals surface area contributed by atoms with Gasteiger partial charge in [0.05, 0.1) is 12.9 Å². The quantitative estimate of drug-likeness (QED) is 0.887. The van der Waals surface area contributed by atoms with E-state index in [1.807, 2.05) is 24.3 Å². The number of carbonyl (C=O) groups excluding carboxylic acids is 1. The van der Waals surface area contributed by atoms with Gasteiger partial charge in [-0.05, 0) is 37.1 Å². The van der Waals surface area contributed by atoms with E-state index in [2.05, 4.69) is 5.32 Å². The van der Waals surface area contributed by atoms with Crippen molar-refractivity contribution in [2.24, 2.45) is 0 Å². The van der Waals surface area contributed by atoms with Crippen LogP contribution in [0.25, 0.3) is 0 Å². The van der Waals surface area contributed by atoms with Crippen LogP contribution in [0.1, 0.15) is 25.7 Å². The maximum Gasteiger partial charge on any atom is 0.234 e. The number of hydrogen-bond donors (Lipinski definition) is 1. The fourth-order valence-corrected chi connectivity index (χ4v) is 3.25. The molecule has 0 saturated heterocycles. The summed E-state index contributed by atoms with van der Waals surface area (Å²) in [6.45, 7) is 0. The highest BCUT2D eigenvalue weighted by Crippen LogP contribution is 2.29. The fraction of sp³-hybridized carbons (Fsp3) is 0.500. The number of anilines is 1. The molecular formula is C14H19NO2S. The molecule has 1 N–H and O–H groups in total. The standard InChI is InChI=1S/C14H19NO2S/c1-17-12-8-6-11(7-9-12)15-14(16)10-18-13-4-2-3-5-13/h6-9,13H,2-5,10H2,1H3,(H,15,16). The molecule has 0 radical (unpaired) electrons. The Kier molecular flexibility index (Phi) is 4.93. The van der Waals surface area contributed by atoms with Crippen LogP contribution in [0.2, 0.25) is 0 Å². The first-order valence-corrected chi connectivity index (χ1v) is 7.38. The minimum atomic E-state index is 0.0806. The minimum Gasteiger partial charge on any atom is -0.497 e. The Hall–Kier alpha value is -1.16. The third-order valence-electron chi connectivity index (χ3n) is 3.13. The summed E-state index contributed by atoms with van der Waals surface area (Å²) in [5.74, 6) is 1.43. The molecule has 0 aromatic heterocycles. The first-order valence-electron chi connectivity index (χ1n) is 6.33. The van der Waals surface area contributed by atoms with Gasteiger partial charge >= 0.3 is 0 Å². The van der Waals surface area contributed by atoms with Crippen molar-refractivity contribution in [3.8, 4) is 5.75 Å². The smallest absolute Gasteiger partial charge is 0.234 e. The summed E-state index contributed by atoms with van der Waals surface area (Å²) in [6, 6.07) is 7.41. The predicted octanol–water partition coefficient (Wildman–Crippen LogP) is 3.31. The lowest BCUT2D eigenvalue weighted by Gasteiger charge is -2.09. The summed E-state index contributed by atoms with van der Waals surface area (Å²) in [4.78, 5) is 11.8. The highest BCUT2D eigenvalue weighted by molar-refractivity contribution is 8.00. The van der Waals surface area contributed by atoms with Gasteiger partial charge in [0.15, 0.2) is 0 Å². The summed E-state index contributed by atoms with van der Waals surface area (Å²) in [7, 11) is 1.63. The topological polar surface area (TPSA) is 38.3 Å². The van der Waals surface area contributed by atoms with E-state index >= 15 is 0 Å². The van der Waals surface area contributed by atoms with Gasteiger partial charge in [-0.15, -0.1) is 11.8 Å². The van der Waals surface area contributed by atoms with Gasteiger partial charge in [0, 0.05) is 10.9 Å². The predicted molar refractivity (Wildman–Crippen MR) is 76.3 cm³/mol. The van der Waals surface area contributed by atoms with Crippen LogP contribution in [0.15, 0.2) is 24.3 Å². The van der Waals surface area contributed by atoms with Crippen molar-refractivity contribution >= 4 is 23.4 Å². The second-order valence-electron chi connectivity index (χ2n) is 4.49. The Labute approximate surface area is 112 Å². The summed E-state index contributed by atoms with van der Waals surface area (Å²) in [6.07, 6.45) is 5.16. The molecule has 98 valence electrons. The van der Waals surface area contributed by atoms with Crippen LogP contribution >= 0.6 is 11.8 Å². The molecule has 1 saturated carbocycles. The Morgan fingerprint density at radius 1 is 1.33 bits per heavy atom. The van der Waals surface area contributed by atoms with Crippen LogP contribution in [-0.2, 0) is 4.79 Å². The number of rotatable bonds is 5. The largest absolute Gasteiger partial charge is 0.497 e. The molecule has 1 amide bonds. The van der Waals surface area contributed by atoms with Gasteiger partial charge in [0.2, 0.25) is 5.91 Å². The fourth-order valence-electron chi connectivity index (χ4n) is 2.12. The van der Waals surface area contributed by atoms with Gasteiger partial charge in [0.25, 0.3) is 0 Å². The lowest BCUT2D eigenvalue weighted by molar-refractivity contribution is -0.113. The number of methoxy groups -OCH3 is 1. The molecule has 1 fully saturated rings. The number of carbonyl (C=O) groups is 1. The first-order chi connectivity index (χ1) is 8.78. The highest BCUT2D eigenvalue weighted by atomic mass is 32.2. The van der Waals surface area contributed by atoms with Gasteiger partial charge < -0.3 is 10.1 Å². The molecule has 0 atom stereocenters. The van der Waals surface area contributed by atoms with Gasteiger partial charge in [-0.1, -0.05) is 12.8 Å². The van der Waals surface area contributed by atoms with Crippen molar-refractivity contribution in [1.82, 2.24) is 0 Å². The van der Waals surface area contributed by atoms with Crippen molar-refractivity contribution in [1.29, 1.82) is 0 Å². The molecule has 0 spiro atoms. The minimum absolute atomic E-state index is 0.0806. The molecule has 0 aliphatic heterocycles. The van der Waals surface area contributed by atoms with Crippen molar-refractivity contribution in [3.63, 3.8) is 0 Å². The lowest BCUT2D eigenvalue weighted by Crippen LogP contribution is -2.15. The van der Waals surface area contributed by atoms with Crippen LogP contribution in [0.3, 0.4) is 0 Å². The van der Waals surface area contributed by atoms with Crippen molar-refractivity contribution in [2.45, 2.75) is 30.9 Å². The molecule has 3 nitrogen and oxygen atoms in total. The van der Waals surface area contributed by atoms with Crippen molar-refractivity contribution < 1.29 is 9.53 Å². The zero-order chi connectivity index (χ0) is 12.8. The second-order valence-corrected chi connectivity index (χ2v) is 5.78. The van der Waals surface area contributed by atoms with Gasteiger partial charge in [-0.3, -0.25) is 4.79 Å². The Morgan fingerprint density at radius 3 is 2.61 bits per heavy atom. The van der Waals surface area contributed by atoms with Gasteiger partial charge in [-0.2, -0.15) is 0 Å². The molecule has 2 rings (SSSR count). The number of ether oxygens (including phenoxy) is 1. The first kappa shape index (κ1) is 13.3. The van der Waals surface area contributed by atoms with Crippen LogP contribution in [-0.4, -0.2) is 24.0 Å². The van der Waals surface area contributed by atoms with Gasteiger partial charge in [0.1, 0.15) is 5.75 Å². The zero-order valence-electron chi connectivity index (χ0n) is 10.6. The third-order valence-corrected chi connectivity index (χ3v) is 4.50. The molecule has 4 heteroatoms. The average Bonchev–Trinajstić information content (AvgIpc) is 2.90. The Morgan fingerprint density at radius 2 is 2.00 bits per heavy atom. The molecule has 0 bridgehead atoms. The molecule has 1 aliphatic rings. The normalized spacial score (nSPS) is 15.6. The summed E-state index contributed by atoms with van der Waals surface area (Å²) >= 11 is 1.78. The molecule has 1 aromatic rings. The number of thioether (sulfide) groups is 1. The van der Waals surface area contributed by atoms with E-state index in [-0.39, 0.29) is 5.91 Å². The van der Waals surface area contributed by atoms with E-state index in [1.165, 1.54) is 25.7 Å². The van der Waals surface area contributed by atoms with E-state index in [1.54, 1.807) is 18.9 Å². The van der Waals surface area contributed by atoms with Gasteiger partial charge in [-0.25, -0.2) is 0 Å². The molecule has 18 heavy (non-hydrogen) atoms. The molecular weight excluding hydrogens is 246 g/mol. The van der Waals surface area contributed by atoms with E-state index in [9.17, 15) is 4.79 Å². The maximum absolute atomic E-state index is 11.8. The summed E-state index contributed by atoms with van der Waals surface area (Å²) in [5, 5.41) is 3.59. The highest BCUT2D eigenvalue weighted by Gasteiger charge is 2.16. The number of hydrogen-bond acceptors (Lipinski definition) is 3. The summed E-state index contributed by atoms with van der Waals surface area (Å²) in [5.41, 5.74) is 0.827. The Balaban J connectivity index is 1.75. The molecule has 1 aliphatic carbocycles. The molecule has 0 heterocycles. The third kappa shape index (κ3) is 3.95. The van der Waals surface area contributed by atoms with E-state index in [0.717, 1.165) is 11.4 Å². The number of amides is 1. The maximum atomic E-state index is 11.8. The van der Waals surface area contributed by atoms with Crippen LogP contribution in [0.5, 0.6) is 5.75 Å².